The first-order valence-corrected chi connectivity index (χ1v) is 11.3. The van der Waals surface area contributed by atoms with E-state index in [9.17, 15) is 0 Å². The van der Waals surface area contributed by atoms with Crippen molar-refractivity contribution in [3.05, 3.63) is 72.3 Å². The molecule has 6 rings (SSSR count). The number of H-pyrrole nitrogens is 2. The first-order valence-electron chi connectivity index (χ1n) is 11.3. The van der Waals surface area contributed by atoms with Crippen LogP contribution in [-0.2, 0) is 6.61 Å². The molecule has 7 heteroatoms. The average Bonchev–Trinajstić information content (AvgIpc) is 3.47. The Morgan fingerprint density at radius 3 is 2.61 bits per heavy atom. The third kappa shape index (κ3) is 3.91. The lowest BCUT2D eigenvalue weighted by Crippen LogP contribution is -2.44. The highest BCUT2D eigenvalue weighted by atomic mass is 16.5. The van der Waals surface area contributed by atoms with Gasteiger partial charge in [-0.05, 0) is 49.0 Å². The molecule has 0 unspecified atom stereocenters. The van der Waals surface area contributed by atoms with E-state index in [0.29, 0.717) is 6.61 Å². The number of hydrogen-bond acceptors (Lipinski definition) is 5. The van der Waals surface area contributed by atoms with Crippen molar-refractivity contribution in [3.63, 3.8) is 0 Å². The third-order valence-electron chi connectivity index (χ3n) is 6.34. The standard InChI is InChI=1S/C26H26N6O/c1-31-11-13-32(14-12-31)19-7-9-23-24(15-19)28-26(27-23)25-21-16-20(8-10-22(21)29-30-25)33-17-18-5-3-2-4-6-18/h2-10,15-16H,11-14,17H2,1H3,(H,27,28)(H,29,30). The van der Waals surface area contributed by atoms with E-state index in [1.165, 1.54) is 5.69 Å². The lowest BCUT2D eigenvalue weighted by Gasteiger charge is -2.34. The number of hydrogen-bond donors (Lipinski definition) is 2. The van der Waals surface area contributed by atoms with Gasteiger partial charge >= 0.3 is 0 Å². The number of fused-ring (bicyclic) bond motifs is 2. The number of ether oxygens (including phenoxy) is 1. The molecule has 1 aliphatic heterocycles. The summed E-state index contributed by atoms with van der Waals surface area (Å²) in [4.78, 5) is 13.1. The van der Waals surface area contributed by atoms with Gasteiger partial charge in [0.05, 0.1) is 16.6 Å². The fraction of sp³-hybridized carbons (Fsp3) is 0.231. The van der Waals surface area contributed by atoms with E-state index in [1.807, 2.05) is 36.4 Å². The lowest BCUT2D eigenvalue weighted by atomic mass is 10.2. The maximum Gasteiger partial charge on any atom is 0.159 e. The van der Waals surface area contributed by atoms with Crippen LogP contribution in [-0.4, -0.2) is 58.3 Å². The minimum Gasteiger partial charge on any atom is -0.489 e. The molecular weight excluding hydrogens is 412 g/mol. The highest BCUT2D eigenvalue weighted by Gasteiger charge is 2.17. The quantitative estimate of drug-likeness (QED) is 0.425. The van der Waals surface area contributed by atoms with Crippen molar-refractivity contribution < 1.29 is 4.74 Å². The van der Waals surface area contributed by atoms with Crippen LogP contribution in [0.1, 0.15) is 5.56 Å². The second-order valence-electron chi connectivity index (χ2n) is 8.63. The van der Waals surface area contributed by atoms with Gasteiger partial charge in [-0.15, -0.1) is 0 Å². The summed E-state index contributed by atoms with van der Waals surface area (Å²) in [6.45, 7) is 4.77. The Kier molecular flexibility index (Phi) is 4.96. The molecule has 1 fully saturated rings. The molecule has 3 heterocycles. The Labute approximate surface area is 192 Å². The zero-order valence-corrected chi connectivity index (χ0v) is 18.6. The number of piperazine rings is 1. The molecule has 33 heavy (non-hydrogen) atoms. The first kappa shape index (κ1) is 19.8. The van der Waals surface area contributed by atoms with E-state index in [2.05, 4.69) is 62.4 Å². The average molecular weight is 439 g/mol. The summed E-state index contributed by atoms with van der Waals surface area (Å²) >= 11 is 0. The number of nitrogens with zero attached hydrogens (tertiary/aromatic N) is 4. The van der Waals surface area contributed by atoms with Gasteiger partial charge in [-0.3, -0.25) is 5.10 Å². The Morgan fingerprint density at radius 2 is 1.76 bits per heavy atom. The molecule has 0 aliphatic carbocycles. The highest BCUT2D eigenvalue weighted by molar-refractivity contribution is 5.94. The summed E-state index contributed by atoms with van der Waals surface area (Å²) in [6, 6.07) is 22.6. The number of aromatic amines is 2. The van der Waals surface area contributed by atoms with E-state index in [-0.39, 0.29) is 0 Å². The van der Waals surface area contributed by atoms with Gasteiger partial charge in [0.15, 0.2) is 5.82 Å². The molecule has 0 radical (unpaired) electrons. The van der Waals surface area contributed by atoms with Crippen molar-refractivity contribution in [2.24, 2.45) is 0 Å². The summed E-state index contributed by atoms with van der Waals surface area (Å²) < 4.78 is 6.03. The van der Waals surface area contributed by atoms with E-state index in [0.717, 1.165) is 70.9 Å². The molecular formula is C26H26N6O. The van der Waals surface area contributed by atoms with Crippen LogP contribution in [0.25, 0.3) is 33.5 Å². The summed E-state index contributed by atoms with van der Waals surface area (Å²) in [5.74, 6) is 1.56. The van der Waals surface area contributed by atoms with Gasteiger partial charge in [0, 0.05) is 37.3 Å². The summed E-state index contributed by atoms with van der Waals surface area (Å²) in [6.07, 6.45) is 0. The van der Waals surface area contributed by atoms with Crippen molar-refractivity contribution in [1.82, 2.24) is 25.1 Å². The number of aromatic nitrogens is 4. The van der Waals surface area contributed by atoms with E-state index in [4.69, 9.17) is 9.72 Å². The van der Waals surface area contributed by atoms with E-state index >= 15 is 0 Å². The van der Waals surface area contributed by atoms with Crippen LogP contribution >= 0.6 is 0 Å². The first-order chi connectivity index (χ1) is 16.2. The normalized spacial score (nSPS) is 14.9. The molecule has 2 N–H and O–H groups in total. The number of likely N-dealkylation sites (N-methyl/N-ethyl adjacent to an activating group) is 1. The van der Waals surface area contributed by atoms with E-state index < -0.39 is 0 Å². The zero-order chi connectivity index (χ0) is 22.2. The molecule has 0 bridgehead atoms. The second-order valence-corrected chi connectivity index (χ2v) is 8.63. The molecule has 0 amide bonds. The molecule has 166 valence electrons. The van der Waals surface area contributed by atoms with Crippen LogP contribution in [0.15, 0.2) is 66.7 Å². The van der Waals surface area contributed by atoms with Crippen molar-refractivity contribution in [3.8, 4) is 17.3 Å². The van der Waals surface area contributed by atoms with Crippen LogP contribution in [0.3, 0.4) is 0 Å². The van der Waals surface area contributed by atoms with Crippen molar-refractivity contribution in [2.45, 2.75) is 6.61 Å². The second kappa shape index (κ2) is 8.26. The smallest absolute Gasteiger partial charge is 0.159 e. The van der Waals surface area contributed by atoms with Gasteiger partial charge in [0.25, 0.3) is 0 Å². The van der Waals surface area contributed by atoms with Crippen molar-refractivity contribution in [1.29, 1.82) is 0 Å². The number of benzene rings is 3. The minimum atomic E-state index is 0.527. The summed E-state index contributed by atoms with van der Waals surface area (Å²) in [5, 5.41) is 8.66. The Bertz CT molecular complexity index is 1400. The Hall–Kier alpha value is -3.84. The van der Waals surface area contributed by atoms with Crippen LogP contribution in [0.2, 0.25) is 0 Å². The van der Waals surface area contributed by atoms with Gasteiger partial charge < -0.3 is 19.5 Å². The highest BCUT2D eigenvalue weighted by Crippen LogP contribution is 2.30. The van der Waals surface area contributed by atoms with Crippen LogP contribution < -0.4 is 9.64 Å². The molecule has 1 aliphatic rings. The monoisotopic (exact) mass is 438 g/mol. The van der Waals surface area contributed by atoms with Gasteiger partial charge in [-0.25, -0.2) is 4.98 Å². The molecule has 0 saturated carbocycles. The van der Waals surface area contributed by atoms with Crippen molar-refractivity contribution in [2.75, 3.05) is 38.1 Å². The predicted molar refractivity (Wildman–Crippen MR) is 132 cm³/mol. The minimum absolute atomic E-state index is 0.527. The van der Waals surface area contributed by atoms with Crippen LogP contribution in [0, 0.1) is 0 Å². The van der Waals surface area contributed by atoms with Gasteiger partial charge in [0.1, 0.15) is 18.1 Å². The molecule has 7 nitrogen and oxygen atoms in total. The molecule has 3 aromatic carbocycles. The summed E-state index contributed by atoms with van der Waals surface area (Å²) in [7, 11) is 2.17. The van der Waals surface area contributed by atoms with Crippen LogP contribution in [0.4, 0.5) is 5.69 Å². The summed E-state index contributed by atoms with van der Waals surface area (Å²) in [5.41, 5.74) is 6.08. The van der Waals surface area contributed by atoms with Crippen molar-refractivity contribution >= 4 is 27.6 Å². The molecule has 0 spiro atoms. The Balaban J connectivity index is 1.29. The molecule has 2 aromatic heterocycles. The fourth-order valence-electron chi connectivity index (χ4n) is 4.38. The lowest BCUT2D eigenvalue weighted by molar-refractivity contribution is 0.306. The fourth-order valence-corrected chi connectivity index (χ4v) is 4.38. The zero-order valence-electron chi connectivity index (χ0n) is 18.6. The van der Waals surface area contributed by atoms with Crippen LogP contribution in [0.5, 0.6) is 5.75 Å². The number of anilines is 1. The largest absolute Gasteiger partial charge is 0.489 e. The maximum absolute atomic E-state index is 6.03. The van der Waals surface area contributed by atoms with Gasteiger partial charge in [-0.1, -0.05) is 30.3 Å². The number of rotatable bonds is 5. The number of imidazole rings is 1. The molecule has 0 atom stereocenters. The Morgan fingerprint density at radius 1 is 0.909 bits per heavy atom. The number of nitrogens with one attached hydrogen (secondary N) is 2. The molecule has 5 aromatic rings. The SMILES string of the molecule is CN1CCN(c2ccc3nc(-c4n[nH]c5ccc(OCc6ccccc6)cc45)[nH]c3c2)CC1. The van der Waals surface area contributed by atoms with Gasteiger partial charge in [-0.2, -0.15) is 5.10 Å². The van der Waals surface area contributed by atoms with Gasteiger partial charge in [0.2, 0.25) is 0 Å². The molecule has 1 saturated heterocycles. The topological polar surface area (TPSA) is 73.1 Å². The van der Waals surface area contributed by atoms with E-state index in [1.54, 1.807) is 0 Å². The maximum atomic E-state index is 6.03. The third-order valence-corrected chi connectivity index (χ3v) is 6.34. The predicted octanol–water partition coefficient (Wildman–Crippen LogP) is 4.44.